The van der Waals surface area contributed by atoms with Crippen LogP contribution in [0.4, 0.5) is 0 Å². The lowest BCUT2D eigenvalue weighted by atomic mass is 10.2. The summed E-state index contributed by atoms with van der Waals surface area (Å²) in [6.45, 7) is 8.54. The van der Waals surface area contributed by atoms with Crippen molar-refractivity contribution in [3.8, 4) is 5.75 Å². The van der Waals surface area contributed by atoms with Crippen molar-refractivity contribution in [2.45, 2.75) is 38.6 Å². The van der Waals surface area contributed by atoms with Crippen LogP contribution in [0.25, 0.3) is 0 Å². The van der Waals surface area contributed by atoms with Gasteiger partial charge in [0.05, 0.1) is 6.61 Å². The number of halogens is 1. The van der Waals surface area contributed by atoms with Crippen LogP contribution in [0.5, 0.6) is 5.75 Å². The summed E-state index contributed by atoms with van der Waals surface area (Å²) < 4.78 is 11.0. The molecule has 0 unspecified atom stereocenters. The van der Waals surface area contributed by atoms with Crippen molar-refractivity contribution in [3.63, 3.8) is 0 Å². The van der Waals surface area contributed by atoms with Crippen LogP contribution in [0.3, 0.4) is 0 Å². The lowest BCUT2D eigenvalue weighted by Gasteiger charge is -2.20. The highest BCUT2D eigenvalue weighted by Crippen LogP contribution is 2.13. The van der Waals surface area contributed by atoms with Gasteiger partial charge in [-0.1, -0.05) is 25.0 Å². The van der Waals surface area contributed by atoms with Crippen LogP contribution in [0.2, 0.25) is 0 Å². The molecule has 1 fully saturated rings. The Labute approximate surface area is 212 Å². The van der Waals surface area contributed by atoms with Crippen LogP contribution in [0.15, 0.2) is 29.3 Å². The molecule has 1 aromatic rings. The maximum atomic E-state index is 5.92. The molecule has 0 amide bonds. The summed E-state index contributed by atoms with van der Waals surface area (Å²) in [4.78, 5) is 9.16. The van der Waals surface area contributed by atoms with E-state index in [4.69, 9.17) is 9.47 Å². The quantitative estimate of drug-likeness (QED) is 0.167. The average Bonchev–Trinajstić information content (AvgIpc) is 3.06. The van der Waals surface area contributed by atoms with Crippen LogP contribution in [0.1, 0.15) is 37.7 Å². The van der Waals surface area contributed by atoms with Gasteiger partial charge in [-0.15, -0.1) is 24.0 Å². The molecule has 184 valence electrons. The van der Waals surface area contributed by atoms with E-state index in [0.29, 0.717) is 6.61 Å². The van der Waals surface area contributed by atoms with Gasteiger partial charge in [0.1, 0.15) is 12.4 Å². The van der Waals surface area contributed by atoms with Gasteiger partial charge in [-0.25, -0.2) is 0 Å². The van der Waals surface area contributed by atoms with Gasteiger partial charge in [0.2, 0.25) is 0 Å². The summed E-state index contributed by atoms with van der Waals surface area (Å²) in [5.74, 6) is 1.75. The van der Waals surface area contributed by atoms with Gasteiger partial charge in [-0.05, 0) is 63.6 Å². The van der Waals surface area contributed by atoms with Gasteiger partial charge < -0.3 is 29.9 Å². The molecule has 8 heteroatoms. The molecule has 0 radical (unpaired) electrons. The zero-order valence-corrected chi connectivity index (χ0v) is 22.6. The zero-order chi connectivity index (χ0) is 22.2. The minimum absolute atomic E-state index is 0. The van der Waals surface area contributed by atoms with Crippen molar-refractivity contribution in [2.24, 2.45) is 4.99 Å². The first-order valence-corrected chi connectivity index (χ1v) is 11.8. The van der Waals surface area contributed by atoms with E-state index >= 15 is 0 Å². The van der Waals surface area contributed by atoms with Crippen LogP contribution in [0, 0.1) is 0 Å². The Balaban J connectivity index is 0.00000512. The Kier molecular flexibility index (Phi) is 16.6. The normalized spacial score (nSPS) is 15.2. The molecular weight excluding hydrogens is 517 g/mol. The van der Waals surface area contributed by atoms with E-state index in [2.05, 4.69) is 44.6 Å². The second-order valence-electron chi connectivity index (χ2n) is 8.25. The third kappa shape index (κ3) is 12.8. The number of likely N-dealkylation sites (N-methyl/N-ethyl adjacent to an activating group) is 1. The number of hydrogen-bond acceptors (Lipinski definition) is 5. The first-order chi connectivity index (χ1) is 15.2. The van der Waals surface area contributed by atoms with Gasteiger partial charge >= 0.3 is 0 Å². The summed E-state index contributed by atoms with van der Waals surface area (Å²) in [6.07, 6.45) is 6.63. The smallest absolute Gasteiger partial charge is 0.191 e. The van der Waals surface area contributed by atoms with Crippen molar-refractivity contribution >= 4 is 29.9 Å². The molecule has 0 spiro atoms. The molecule has 32 heavy (non-hydrogen) atoms. The average molecular weight is 562 g/mol. The number of nitrogens with zero attached hydrogens (tertiary/aromatic N) is 3. The fourth-order valence-electron chi connectivity index (χ4n) is 3.70. The highest BCUT2D eigenvalue weighted by molar-refractivity contribution is 14.0. The van der Waals surface area contributed by atoms with Crippen molar-refractivity contribution in [1.82, 2.24) is 20.4 Å². The molecule has 1 heterocycles. The predicted octanol–water partition coefficient (Wildman–Crippen LogP) is 3.19. The Morgan fingerprint density at radius 1 is 1.09 bits per heavy atom. The van der Waals surface area contributed by atoms with Gasteiger partial charge in [0.15, 0.2) is 5.96 Å². The summed E-state index contributed by atoms with van der Waals surface area (Å²) in [5, 5.41) is 6.84. The number of benzene rings is 1. The number of likely N-dealkylation sites (tertiary alicyclic amines) is 1. The number of aliphatic imine (C=N–C) groups is 1. The fourth-order valence-corrected chi connectivity index (χ4v) is 3.70. The third-order valence-electron chi connectivity index (χ3n) is 5.64. The minimum atomic E-state index is 0. The molecule has 7 nitrogen and oxygen atoms in total. The lowest BCUT2D eigenvalue weighted by molar-refractivity contribution is 0.150. The van der Waals surface area contributed by atoms with Crippen molar-refractivity contribution in [3.05, 3.63) is 29.8 Å². The summed E-state index contributed by atoms with van der Waals surface area (Å²) in [5.41, 5.74) is 1.18. The molecule has 0 bridgehead atoms. The van der Waals surface area contributed by atoms with Crippen molar-refractivity contribution in [1.29, 1.82) is 0 Å². The lowest BCUT2D eigenvalue weighted by Crippen LogP contribution is -2.38. The molecule has 1 saturated heterocycles. The number of ether oxygens (including phenoxy) is 2. The third-order valence-corrected chi connectivity index (χ3v) is 5.64. The van der Waals surface area contributed by atoms with Crippen LogP contribution in [-0.4, -0.2) is 89.4 Å². The SMILES string of the molecule is CN=C(NCCCN1CCCCCC1)NCc1cccc(OCCN(C)CCOC)c1.I. The monoisotopic (exact) mass is 561 g/mol. The molecule has 1 aliphatic rings. The first-order valence-electron chi connectivity index (χ1n) is 11.8. The first kappa shape index (κ1) is 28.9. The van der Waals surface area contributed by atoms with Crippen LogP contribution in [-0.2, 0) is 11.3 Å². The second kappa shape index (κ2) is 18.3. The molecule has 0 saturated carbocycles. The Hall–Kier alpha value is -1.10. The van der Waals surface area contributed by atoms with Crippen molar-refractivity contribution in [2.75, 3.05) is 73.7 Å². The summed E-state index contributed by atoms with van der Waals surface area (Å²) >= 11 is 0. The van der Waals surface area contributed by atoms with E-state index in [0.717, 1.165) is 50.9 Å². The fraction of sp³-hybridized carbons (Fsp3) is 0.708. The molecule has 0 aliphatic carbocycles. The largest absolute Gasteiger partial charge is 0.492 e. The minimum Gasteiger partial charge on any atom is -0.492 e. The molecule has 0 aromatic heterocycles. The van der Waals surface area contributed by atoms with E-state index in [9.17, 15) is 0 Å². The van der Waals surface area contributed by atoms with E-state index in [1.807, 2.05) is 19.2 Å². The van der Waals surface area contributed by atoms with E-state index in [1.165, 1.54) is 50.9 Å². The molecular formula is C24H44IN5O2. The Morgan fingerprint density at radius 3 is 2.56 bits per heavy atom. The standard InChI is InChI=1S/C24H43N5O2.HI/c1-25-24(26-12-9-15-29-13-6-4-5-7-14-29)27-21-22-10-8-11-23(20-22)31-19-17-28(2)16-18-30-3;/h8,10-11,20H,4-7,9,12-19,21H2,1-3H3,(H2,25,26,27);1H. The second-order valence-corrected chi connectivity index (χ2v) is 8.25. The van der Waals surface area contributed by atoms with Gasteiger partial charge in [0, 0.05) is 40.3 Å². The summed E-state index contributed by atoms with van der Waals surface area (Å²) in [7, 11) is 5.63. The van der Waals surface area contributed by atoms with E-state index < -0.39 is 0 Å². The van der Waals surface area contributed by atoms with E-state index in [-0.39, 0.29) is 24.0 Å². The zero-order valence-electron chi connectivity index (χ0n) is 20.3. The van der Waals surface area contributed by atoms with E-state index in [1.54, 1.807) is 7.11 Å². The van der Waals surface area contributed by atoms with Crippen LogP contribution >= 0.6 is 24.0 Å². The molecule has 0 atom stereocenters. The molecule has 1 aliphatic heterocycles. The van der Waals surface area contributed by atoms with Gasteiger partial charge in [-0.2, -0.15) is 0 Å². The highest BCUT2D eigenvalue weighted by atomic mass is 127. The number of guanidine groups is 1. The highest BCUT2D eigenvalue weighted by Gasteiger charge is 2.08. The number of rotatable bonds is 13. The topological polar surface area (TPSA) is 61.4 Å². The Morgan fingerprint density at radius 2 is 1.84 bits per heavy atom. The maximum absolute atomic E-state index is 5.92. The summed E-state index contributed by atoms with van der Waals surface area (Å²) in [6, 6.07) is 8.25. The number of hydrogen-bond donors (Lipinski definition) is 2. The van der Waals surface area contributed by atoms with Gasteiger partial charge in [-0.3, -0.25) is 4.99 Å². The molecule has 2 rings (SSSR count). The maximum Gasteiger partial charge on any atom is 0.191 e. The predicted molar refractivity (Wildman–Crippen MR) is 144 cm³/mol. The molecule has 1 aromatic carbocycles. The molecule has 2 N–H and O–H groups in total. The van der Waals surface area contributed by atoms with Crippen LogP contribution < -0.4 is 15.4 Å². The van der Waals surface area contributed by atoms with Crippen molar-refractivity contribution < 1.29 is 9.47 Å². The Bertz CT molecular complexity index is 624. The number of methoxy groups -OCH3 is 1. The number of nitrogens with one attached hydrogen (secondary N) is 2. The van der Waals surface area contributed by atoms with Gasteiger partial charge in [0.25, 0.3) is 0 Å².